The van der Waals surface area contributed by atoms with Gasteiger partial charge in [-0.05, 0) is 31.0 Å². The zero-order valence-corrected chi connectivity index (χ0v) is 12.8. The van der Waals surface area contributed by atoms with Crippen LogP contribution < -0.4 is 4.90 Å². The van der Waals surface area contributed by atoms with Crippen LogP contribution in [-0.2, 0) is 6.54 Å². The minimum atomic E-state index is -1.01. The highest BCUT2D eigenvalue weighted by Gasteiger charge is 2.20. The number of aromatic carboxylic acids is 1. The van der Waals surface area contributed by atoms with E-state index in [1.54, 1.807) is 31.9 Å². The highest BCUT2D eigenvalue weighted by molar-refractivity contribution is 6.31. The third-order valence-electron chi connectivity index (χ3n) is 3.38. The second kappa shape index (κ2) is 6.10. The van der Waals surface area contributed by atoms with Crippen LogP contribution in [0, 0.1) is 13.8 Å². The molecule has 1 heterocycles. The average Bonchev–Trinajstić information content (AvgIpc) is 2.43. The van der Waals surface area contributed by atoms with Gasteiger partial charge in [0, 0.05) is 18.6 Å². The number of carbonyl (C=O) groups is 1. The summed E-state index contributed by atoms with van der Waals surface area (Å²) in [6, 6.07) is 7.44. The van der Waals surface area contributed by atoms with E-state index < -0.39 is 5.97 Å². The quantitative estimate of drug-likeness (QED) is 0.940. The van der Waals surface area contributed by atoms with Crippen LogP contribution in [0.5, 0.6) is 0 Å². The van der Waals surface area contributed by atoms with Gasteiger partial charge in [0.25, 0.3) is 0 Å². The molecule has 0 aliphatic rings. The van der Waals surface area contributed by atoms with Crippen LogP contribution in [0.2, 0.25) is 5.02 Å². The number of aromatic nitrogens is 2. The number of hydrogen-bond donors (Lipinski definition) is 1. The molecule has 0 saturated carbocycles. The summed E-state index contributed by atoms with van der Waals surface area (Å²) in [5.74, 6) is -0.669. The van der Waals surface area contributed by atoms with Crippen molar-refractivity contribution in [1.82, 2.24) is 10.2 Å². The second-order valence-corrected chi connectivity index (χ2v) is 5.27. The number of benzene rings is 1. The summed E-state index contributed by atoms with van der Waals surface area (Å²) < 4.78 is 0. The van der Waals surface area contributed by atoms with E-state index in [9.17, 15) is 9.90 Å². The molecule has 1 aromatic heterocycles. The summed E-state index contributed by atoms with van der Waals surface area (Å²) in [5, 5.41) is 18.1. The molecule has 0 radical (unpaired) electrons. The number of carboxylic acid groups (broad SMARTS) is 1. The first-order valence-corrected chi connectivity index (χ1v) is 6.81. The molecule has 21 heavy (non-hydrogen) atoms. The molecule has 0 unspecified atom stereocenters. The summed E-state index contributed by atoms with van der Waals surface area (Å²) in [6.45, 7) is 3.93. The molecule has 6 heteroatoms. The Balaban J connectivity index is 2.40. The molecule has 0 atom stereocenters. The van der Waals surface area contributed by atoms with E-state index in [1.807, 2.05) is 18.2 Å². The molecule has 0 spiro atoms. The van der Waals surface area contributed by atoms with Gasteiger partial charge in [-0.1, -0.05) is 29.8 Å². The molecule has 1 aromatic carbocycles. The predicted octanol–water partition coefficient (Wildman–Crippen LogP) is 3.08. The van der Waals surface area contributed by atoms with Gasteiger partial charge < -0.3 is 10.0 Å². The summed E-state index contributed by atoms with van der Waals surface area (Å²) in [4.78, 5) is 13.2. The molecule has 110 valence electrons. The summed E-state index contributed by atoms with van der Waals surface area (Å²) in [5.41, 5.74) is 2.32. The molecule has 0 aliphatic carbocycles. The molecule has 2 aromatic rings. The lowest BCUT2D eigenvalue weighted by atomic mass is 10.1. The summed E-state index contributed by atoms with van der Waals surface area (Å²) in [7, 11) is 1.77. The van der Waals surface area contributed by atoms with Crippen LogP contribution in [-0.4, -0.2) is 28.3 Å². The fourth-order valence-corrected chi connectivity index (χ4v) is 2.27. The van der Waals surface area contributed by atoms with Gasteiger partial charge in [0.2, 0.25) is 0 Å². The van der Waals surface area contributed by atoms with Gasteiger partial charge in [0.05, 0.1) is 5.69 Å². The molecule has 2 rings (SSSR count). The average molecular weight is 306 g/mol. The van der Waals surface area contributed by atoms with Crippen molar-refractivity contribution in [1.29, 1.82) is 0 Å². The largest absolute Gasteiger partial charge is 0.478 e. The fraction of sp³-hybridized carbons (Fsp3) is 0.267. The molecule has 0 fully saturated rings. The minimum Gasteiger partial charge on any atom is -0.478 e. The maximum absolute atomic E-state index is 11.5. The lowest BCUT2D eigenvalue weighted by Crippen LogP contribution is -2.23. The Morgan fingerprint density at radius 3 is 2.57 bits per heavy atom. The van der Waals surface area contributed by atoms with Crippen LogP contribution in [0.15, 0.2) is 24.3 Å². The first kappa shape index (κ1) is 15.3. The van der Waals surface area contributed by atoms with Crippen molar-refractivity contribution < 1.29 is 9.90 Å². The van der Waals surface area contributed by atoms with Gasteiger partial charge in [-0.15, -0.1) is 5.10 Å². The highest BCUT2D eigenvalue weighted by atomic mass is 35.5. The van der Waals surface area contributed by atoms with Crippen LogP contribution in [0.1, 0.15) is 27.2 Å². The van der Waals surface area contributed by atoms with Crippen LogP contribution in [0.25, 0.3) is 0 Å². The van der Waals surface area contributed by atoms with Gasteiger partial charge in [-0.25, -0.2) is 4.79 Å². The number of rotatable bonds is 4. The van der Waals surface area contributed by atoms with Crippen molar-refractivity contribution >= 4 is 23.4 Å². The van der Waals surface area contributed by atoms with Crippen molar-refractivity contribution in [2.75, 3.05) is 11.9 Å². The maximum Gasteiger partial charge on any atom is 0.339 e. The Labute approximate surface area is 128 Å². The monoisotopic (exact) mass is 305 g/mol. The van der Waals surface area contributed by atoms with E-state index >= 15 is 0 Å². The molecule has 0 bridgehead atoms. The summed E-state index contributed by atoms with van der Waals surface area (Å²) >= 11 is 6.14. The van der Waals surface area contributed by atoms with Crippen molar-refractivity contribution in [3.05, 3.63) is 51.7 Å². The van der Waals surface area contributed by atoms with E-state index in [0.717, 1.165) is 5.56 Å². The van der Waals surface area contributed by atoms with Crippen molar-refractivity contribution in [2.45, 2.75) is 20.4 Å². The van der Waals surface area contributed by atoms with E-state index in [0.29, 0.717) is 28.6 Å². The number of aryl methyl sites for hydroxylation is 1. The maximum atomic E-state index is 11.5. The minimum absolute atomic E-state index is 0.178. The number of anilines is 1. The smallest absolute Gasteiger partial charge is 0.339 e. The summed E-state index contributed by atoms with van der Waals surface area (Å²) in [6.07, 6.45) is 0. The molecule has 1 N–H and O–H groups in total. The van der Waals surface area contributed by atoms with E-state index in [4.69, 9.17) is 11.6 Å². The molecule has 5 nitrogen and oxygen atoms in total. The number of nitrogens with zero attached hydrogens (tertiary/aromatic N) is 3. The second-order valence-electron chi connectivity index (χ2n) is 4.86. The number of halogens is 1. The topological polar surface area (TPSA) is 66.3 Å². The van der Waals surface area contributed by atoms with Gasteiger partial charge in [0.1, 0.15) is 5.56 Å². The van der Waals surface area contributed by atoms with Crippen molar-refractivity contribution in [3.8, 4) is 0 Å². The lowest BCUT2D eigenvalue weighted by Gasteiger charge is -2.21. The van der Waals surface area contributed by atoms with Gasteiger partial charge >= 0.3 is 5.97 Å². The Morgan fingerprint density at radius 2 is 1.95 bits per heavy atom. The van der Waals surface area contributed by atoms with E-state index in [2.05, 4.69) is 10.2 Å². The lowest BCUT2D eigenvalue weighted by molar-refractivity contribution is 0.0696. The first-order valence-electron chi connectivity index (χ1n) is 6.43. The van der Waals surface area contributed by atoms with Crippen LogP contribution in [0.3, 0.4) is 0 Å². The van der Waals surface area contributed by atoms with Gasteiger partial charge in [0.15, 0.2) is 5.82 Å². The molecule has 0 saturated heterocycles. The highest BCUT2D eigenvalue weighted by Crippen LogP contribution is 2.24. The van der Waals surface area contributed by atoms with Crippen molar-refractivity contribution in [2.24, 2.45) is 0 Å². The van der Waals surface area contributed by atoms with Crippen LogP contribution >= 0.6 is 11.6 Å². The number of carboxylic acids is 1. The standard InChI is InChI=1S/C15H16ClN3O2/c1-9-10(2)17-18-14(13(9)15(20)21)19(3)8-11-6-4-5-7-12(11)16/h4-7H,8H2,1-3H3,(H,20,21). The Hall–Kier alpha value is -2.14. The predicted molar refractivity (Wildman–Crippen MR) is 82.0 cm³/mol. The van der Waals surface area contributed by atoms with Crippen molar-refractivity contribution in [3.63, 3.8) is 0 Å². The third kappa shape index (κ3) is 3.13. The zero-order chi connectivity index (χ0) is 15.6. The SMILES string of the molecule is Cc1nnc(N(C)Cc2ccccc2Cl)c(C(=O)O)c1C. The number of hydrogen-bond acceptors (Lipinski definition) is 4. The first-order chi connectivity index (χ1) is 9.91. The van der Waals surface area contributed by atoms with E-state index in [1.165, 1.54) is 0 Å². The zero-order valence-electron chi connectivity index (χ0n) is 12.1. The van der Waals surface area contributed by atoms with E-state index in [-0.39, 0.29) is 5.56 Å². The normalized spacial score (nSPS) is 10.5. The van der Waals surface area contributed by atoms with Gasteiger partial charge in [-0.3, -0.25) is 0 Å². The Bertz CT molecular complexity index is 689. The Kier molecular flexibility index (Phi) is 4.43. The fourth-order valence-electron chi connectivity index (χ4n) is 2.08. The molecule has 0 amide bonds. The Morgan fingerprint density at radius 1 is 1.29 bits per heavy atom. The van der Waals surface area contributed by atoms with Gasteiger partial charge in [-0.2, -0.15) is 5.10 Å². The van der Waals surface area contributed by atoms with Crippen LogP contribution in [0.4, 0.5) is 5.82 Å². The third-order valence-corrected chi connectivity index (χ3v) is 3.75. The molecular weight excluding hydrogens is 290 g/mol. The molecular formula is C15H16ClN3O2. The molecule has 0 aliphatic heterocycles.